The molecule has 0 aliphatic carbocycles. The lowest BCUT2D eigenvalue weighted by molar-refractivity contribution is 0.285. The van der Waals surface area contributed by atoms with Gasteiger partial charge in [0.15, 0.2) is 0 Å². The molecular weight excluding hydrogens is 132 g/mol. The summed E-state index contributed by atoms with van der Waals surface area (Å²) in [4.78, 5) is 1.03. The molecule has 1 heterocycles. The summed E-state index contributed by atoms with van der Waals surface area (Å²) in [5, 5.41) is 10.4. The Morgan fingerprint density at radius 2 is 2.22 bits per heavy atom. The van der Waals surface area contributed by atoms with Crippen LogP contribution in [0.2, 0.25) is 0 Å². The molecule has 1 rings (SSSR count). The Kier molecular flexibility index (Phi) is 5.57. The van der Waals surface area contributed by atoms with Crippen LogP contribution in [0.3, 0.4) is 0 Å². The van der Waals surface area contributed by atoms with Crippen LogP contribution < -0.4 is 0 Å². The lowest BCUT2D eigenvalue weighted by Gasteiger charge is -1.78. The number of thiophene rings is 1. The zero-order chi connectivity index (χ0) is 7.11. The van der Waals surface area contributed by atoms with Gasteiger partial charge in [0.25, 0.3) is 0 Å². The van der Waals surface area contributed by atoms with Crippen molar-refractivity contribution in [3.63, 3.8) is 0 Å². The van der Waals surface area contributed by atoms with Crippen LogP contribution in [0, 0.1) is 0 Å². The van der Waals surface area contributed by atoms with E-state index in [1.54, 1.807) is 11.3 Å². The molecule has 1 N–H and O–H groups in total. The van der Waals surface area contributed by atoms with Crippen molar-refractivity contribution in [1.29, 1.82) is 0 Å². The fraction of sp³-hybridized carbons (Fsp3) is 0.429. The van der Waals surface area contributed by atoms with Crippen molar-refractivity contribution in [2.75, 3.05) is 0 Å². The highest BCUT2D eigenvalue weighted by molar-refractivity contribution is 7.09. The maximum absolute atomic E-state index is 8.44. The lowest BCUT2D eigenvalue weighted by atomic mass is 10.5. The minimum Gasteiger partial charge on any atom is -0.391 e. The number of aliphatic hydroxyl groups is 1. The third kappa shape index (κ3) is 3.27. The predicted molar refractivity (Wildman–Crippen MR) is 41.6 cm³/mol. The van der Waals surface area contributed by atoms with Gasteiger partial charge in [-0.05, 0) is 11.4 Å². The Morgan fingerprint density at radius 3 is 2.44 bits per heavy atom. The van der Waals surface area contributed by atoms with Gasteiger partial charge in [-0.1, -0.05) is 19.9 Å². The van der Waals surface area contributed by atoms with E-state index in [2.05, 4.69) is 0 Å². The van der Waals surface area contributed by atoms with Crippen molar-refractivity contribution in [1.82, 2.24) is 0 Å². The van der Waals surface area contributed by atoms with Crippen LogP contribution in [0.4, 0.5) is 0 Å². The van der Waals surface area contributed by atoms with Crippen LogP contribution in [-0.2, 0) is 6.61 Å². The minimum atomic E-state index is 0.178. The van der Waals surface area contributed by atoms with E-state index < -0.39 is 0 Å². The molecule has 0 spiro atoms. The van der Waals surface area contributed by atoms with Crippen molar-refractivity contribution in [2.45, 2.75) is 20.5 Å². The Hall–Kier alpha value is -0.340. The average Bonchev–Trinajstić information content (AvgIpc) is 2.43. The second-order valence-electron chi connectivity index (χ2n) is 1.24. The van der Waals surface area contributed by atoms with Crippen LogP contribution in [0.5, 0.6) is 0 Å². The van der Waals surface area contributed by atoms with Crippen LogP contribution in [0.15, 0.2) is 17.5 Å². The summed E-state index contributed by atoms with van der Waals surface area (Å²) in [5.74, 6) is 0. The Bertz CT molecular complexity index is 123. The van der Waals surface area contributed by atoms with Crippen LogP contribution in [0.25, 0.3) is 0 Å². The first-order chi connectivity index (χ1) is 4.43. The predicted octanol–water partition coefficient (Wildman–Crippen LogP) is 2.27. The summed E-state index contributed by atoms with van der Waals surface area (Å²) in [7, 11) is 0. The van der Waals surface area contributed by atoms with E-state index in [1.165, 1.54) is 0 Å². The standard InChI is InChI=1S/C5H6OS.C2H6/c6-4-5-2-1-3-7-5;1-2/h1-3,6H,4H2;1-2H3. The van der Waals surface area contributed by atoms with Gasteiger partial charge in [0.2, 0.25) is 0 Å². The Morgan fingerprint density at radius 1 is 1.56 bits per heavy atom. The molecule has 0 aliphatic heterocycles. The first-order valence-corrected chi connectivity index (χ1v) is 3.94. The molecule has 0 atom stereocenters. The summed E-state index contributed by atoms with van der Waals surface area (Å²) in [6, 6.07) is 3.83. The van der Waals surface area contributed by atoms with Gasteiger partial charge in [-0.15, -0.1) is 11.3 Å². The molecule has 0 saturated carbocycles. The molecule has 0 unspecified atom stereocenters. The van der Waals surface area contributed by atoms with Gasteiger partial charge in [0, 0.05) is 4.88 Å². The molecule has 1 aromatic heterocycles. The Labute approximate surface area is 60.0 Å². The monoisotopic (exact) mass is 144 g/mol. The highest BCUT2D eigenvalue weighted by Crippen LogP contribution is 2.06. The van der Waals surface area contributed by atoms with Crippen molar-refractivity contribution >= 4 is 11.3 Å². The van der Waals surface area contributed by atoms with Crippen LogP contribution in [-0.4, -0.2) is 5.11 Å². The second kappa shape index (κ2) is 5.79. The summed E-state index contributed by atoms with van der Waals surface area (Å²) in [5.41, 5.74) is 0. The third-order valence-electron chi connectivity index (χ3n) is 0.736. The highest BCUT2D eigenvalue weighted by atomic mass is 32.1. The van der Waals surface area contributed by atoms with Crippen molar-refractivity contribution in [3.8, 4) is 0 Å². The van der Waals surface area contributed by atoms with Crippen molar-refractivity contribution < 1.29 is 5.11 Å². The SMILES string of the molecule is CC.OCc1cccs1. The van der Waals surface area contributed by atoms with Gasteiger partial charge in [-0.2, -0.15) is 0 Å². The second-order valence-corrected chi connectivity index (χ2v) is 2.27. The van der Waals surface area contributed by atoms with Crippen molar-refractivity contribution in [3.05, 3.63) is 22.4 Å². The summed E-state index contributed by atoms with van der Waals surface area (Å²) in [6.45, 7) is 4.18. The highest BCUT2D eigenvalue weighted by Gasteiger charge is 1.83. The molecular formula is C7H12OS. The normalized spacial score (nSPS) is 7.89. The number of hydrogen-bond donors (Lipinski definition) is 1. The van der Waals surface area contributed by atoms with E-state index in [1.807, 2.05) is 31.4 Å². The van der Waals surface area contributed by atoms with E-state index >= 15 is 0 Å². The summed E-state index contributed by atoms with van der Waals surface area (Å²) >= 11 is 1.57. The molecule has 0 aromatic carbocycles. The minimum absolute atomic E-state index is 0.178. The first-order valence-electron chi connectivity index (χ1n) is 3.06. The average molecular weight is 144 g/mol. The van der Waals surface area contributed by atoms with Gasteiger partial charge in [0.1, 0.15) is 0 Å². The molecule has 0 fully saturated rings. The topological polar surface area (TPSA) is 20.2 Å². The maximum Gasteiger partial charge on any atom is 0.0774 e. The molecule has 2 heteroatoms. The number of rotatable bonds is 1. The molecule has 52 valence electrons. The van der Waals surface area contributed by atoms with Crippen LogP contribution in [0.1, 0.15) is 18.7 Å². The zero-order valence-corrected chi connectivity index (χ0v) is 6.61. The quantitative estimate of drug-likeness (QED) is 0.641. The summed E-state index contributed by atoms with van der Waals surface area (Å²) in [6.07, 6.45) is 0. The van der Waals surface area contributed by atoms with E-state index in [0.29, 0.717) is 0 Å². The van der Waals surface area contributed by atoms with Gasteiger partial charge in [-0.25, -0.2) is 0 Å². The molecule has 0 saturated heterocycles. The molecule has 0 aliphatic rings. The van der Waals surface area contributed by atoms with Gasteiger partial charge < -0.3 is 5.11 Å². The Balaban J connectivity index is 0.000000291. The zero-order valence-electron chi connectivity index (χ0n) is 5.79. The van der Waals surface area contributed by atoms with E-state index in [-0.39, 0.29) is 6.61 Å². The van der Waals surface area contributed by atoms with E-state index in [9.17, 15) is 0 Å². The fourth-order valence-corrected chi connectivity index (χ4v) is 0.966. The molecule has 1 aromatic rings. The van der Waals surface area contributed by atoms with Gasteiger partial charge in [0.05, 0.1) is 6.61 Å². The van der Waals surface area contributed by atoms with E-state index in [4.69, 9.17) is 5.11 Å². The number of hydrogen-bond acceptors (Lipinski definition) is 2. The lowest BCUT2D eigenvalue weighted by Crippen LogP contribution is -1.69. The molecule has 0 bridgehead atoms. The van der Waals surface area contributed by atoms with Crippen molar-refractivity contribution in [2.24, 2.45) is 0 Å². The van der Waals surface area contributed by atoms with Gasteiger partial charge >= 0.3 is 0 Å². The molecule has 0 radical (unpaired) electrons. The fourth-order valence-electron chi connectivity index (χ4n) is 0.403. The maximum atomic E-state index is 8.44. The van der Waals surface area contributed by atoms with Gasteiger partial charge in [-0.3, -0.25) is 0 Å². The first kappa shape index (κ1) is 8.66. The number of aliphatic hydroxyl groups excluding tert-OH is 1. The smallest absolute Gasteiger partial charge is 0.0774 e. The van der Waals surface area contributed by atoms with Crippen LogP contribution >= 0.6 is 11.3 Å². The largest absolute Gasteiger partial charge is 0.391 e. The van der Waals surface area contributed by atoms with E-state index in [0.717, 1.165) is 4.88 Å². The summed E-state index contributed by atoms with van der Waals surface area (Å²) < 4.78 is 0. The molecule has 1 nitrogen and oxygen atoms in total. The molecule has 9 heavy (non-hydrogen) atoms. The molecule has 0 amide bonds. The third-order valence-corrected chi connectivity index (χ3v) is 1.60.